The number of carboxylic acids is 1. The monoisotopic (exact) mass is 568 g/mol. The van der Waals surface area contributed by atoms with Crippen LogP contribution in [-0.2, 0) is 16.0 Å². The van der Waals surface area contributed by atoms with E-state index in [1.54, 1.807) is 24.3 Å². The van der Waals surface area contributed by atoms with Gasteiger partial charge in [0.2, 0.25) is 0 Å². The van der Waals surface area contributed by atoms with Gasteiger partial charge in [0.15, 0.2) is 11.6 Å². The van der Waals surface area contributed by atoms with Crippen LogP contribution in [0.25, 0.3) is 0 Å². The fourth-order valence-corrected chi connectivity index (χ4v) is 5.63. The molecule has 3 aromatic rings. The van der Waals surface area contributed by atoms with E-state index in [1.165, 1.54) is 24.3 Å². The molecule has 2 N–H and O–H groups in total. The number of benzene rings is 3. The summed E-state index contributed by atoms with van der Waals surface area (Å²) in [6.07, 6.45) is 1.28. The molecule has 0 amide bonds. The van der Waals surface area contributed by atoms with E-state index in [1.807, 2.05) is 0 Å². The van der Waals surface area contributed by atoms with Gasteiger partial charge in [0, 0.05) is 60.8 Å². The third-order valence-electron chi connectivity index (χ3n) is 7.85. The third-order valence-corrected chi connectivity index (χ3v) is 7.85. The van der Waals surface area contributed by atoms with Gasteiger partial charge >= 0.3 is 5.97 Å². The van der Waals surface area contributed by atoms with Crippen molar-refractivity contribution in [3.8, 4) is 28.7 Å². The Morgan fingerprint density at radius 1 is 1.00 bits per heavy atom. The molecule has 41 heavy (non-hydrogen) atoms. The molecule has 0 saturated carbocycles. The number of aliphatic hydroxyl groups is 1. The van der Waals surface area contributed by atoms with E-state index in [4.69, 9.17) is 28.8 Å². The topological polar surface area (TPSA) is 104 Å². The largest absolute Gasteiger partial charge is 0.492 e. The Hall–Kier alpha value is -3.89. The van der Waals surface area contributed by atoms with E-state index in [9.17, 15) is 14.3 Å². The lowest BCUT2D eigenvalue weighted by atomic mass is 9.96. The molecular weight excluding hydrogens is 538 g/mol. The number of halogens is 2. The number of rotatable bonds is 9. The van der Waals surface area contributed by atoms with Crippen LogP contribution in [0.5, 0.6) is 28.7 Å². The summed E-state index contributed by atoms with van der Waals surface area (Å²) in [5.41, 5.74) is 0.800. The predicted octanol–water partition coefficient (Wildman–Crippen LogP) is 5.69. The zero-order valence-electron chi connectivity index (χ0n) is 22.2. The molecule has 2 heterocycles. The first kappa shape index (κ1) is 27.3. The summed E-state index contributed by atoms with van der Waals surface area (Å²) in [6, 6.07) is 12.3. The average Bonchev–Trinajstić information content (AvgIpc) is 3.55. The molecule has 3 aromatic carbocycles. The summed E-state index contributed by atoms with van der Waals surface area (Å²) < 4.78 is 58.5. The van der Waals surface area contributed by atoms with Gasteiger partial charge in [-0.25, -0.2) is 8.78 Å². The standard InChI is InChI=1S/C31H30F2O8/c32-23-5-8-25(40-19-2-6-26(24(33)14-19)39-17-31(36)9-11-37-12-10-31)22-4-7-27(30(22)23)41-20-1-3-21-18(13-29(34)35)16-38-28(21)15-20/h1-3,5-6,8,14-15,18,27,36H,4,7,9-13,16-17H2,(H,34,35)/t18-,27-/m1/s1. The van der Waals surface area contributed by atoms with Gasteiger partial charge in [-0.2, -0.15) is 0 Å². The second-order valence-electron chi connectivity index (χ2n) is 10.7. The number of carboxylic acid groups (broad SMARTS) is 1. The first-order valence-electron chi connectivity index (χ1n) is 13.6. The first-order chi connectivity index (χ1) is 19.8. The molecule has 10 heteroatoms. The van der Waals surface area contributed by atoms with E-state index < -0.39 is 29.3 Å². The third kappa shape index (κ3) is 5.80. The molecule has 216 valence electrons. The molecule has 6 rings (SSSR count). The van der Waals surface area contributed by atoms with Gasteiger partial charge in [-0.05, 0) is 43.2 Å². The van der Waals surface area contributed by atoms with Crippen LogP contribution in [0.4, 0.5) is 8.78 Å². The number of ether oxygens (including phenoxy) is 5. The van der Waals surface area contributed by atoms with Gasteiger partial charge in [0.25, 0.3) is 0 Å². The molecule has 1 fully saturated rings. The molecule has 0 unspecified atom stereocenters. The van der Waals surface area contributed by atoms with Gasteiger partial charge in [0.05, 0.1) is 13.0 Å². The second-order valence-corrected chi connectivity index (χ2v) is 10.7. The van der Waals surface area contributed by atoms with Crippen molar-refractivity contribution in [3.05, 3.63) is 76.9 Å². The lowest BCUT2D eigenvalue weighted by Gasteiger charge is -2.31. The van der Waals surface area contributed by atoms with Crippen molar-refractivity contribution >= 4 is 5.97 Å². The van der Waals surface area contributed by atoms with Crippen molar-refractivity contribution in [1.29, 1.82) is 0 Å². The number of carbonyl (C=O) groups is 1. The second kappa shape index (κ2) is 11.2. The molecule has 2 atom stereocenters. The summed E-state index contributed by atoms with van der Waals surface area (Å²) in [5.74, 6) is -0.465. The average molecular weight is 569 g/mol. The van der Waals surface area contributed by atoms with Crippen molar-refractivity contribution in [2.75, 3.05) is 26.4 Å². The lowest BCUT2D eigenvalue weighted by molar-refractivity contribution is -0.137. The van der Waals surface area contributed by atoms with Crippen LogP contribution >= 0.6 is 0 Å². The summed E-state index contributed by atoms with van der Waals surface area (Å²) in [4.78, 5) is 11.1. The molecule has 1 saturated heterocycles. The Kier molecular flexibility index (Phi) is 7.44. The Balaban J connectivity index is 1.14. The van der Waals surface area contributed by atoms with Crippen LogP contribution in [0.15, 0.2) is 48.5 Å². The molecule has 8 nitrogen and oxygen atoms in total. The minimum atomic E-state index is -1.05. The Labute approximate surface area is 235 Å². The van der Waals surface area contributed by atoms with Crippen molar-refractivity contribution in [2.45, 2.75) is 49.7 Å². The first-order valence-corrected chi connectivity index (χ1v) is 13.6. The van der Waals surface area contributed by atoms with E-state index in [-0.39, 0.29) is 37.1 Å². The van der Waals surface area contributed by atoms with Gasteiger partial charge < -0.3 is 33.9 Å². The lowest BCUT2D eigenvalue weighted by Crippen LogP contribution is -2.41. The fraction of sp³-hybridized carbons (Fsp3) is 0.387. The Morgan fingerprint density at radius 2 is 1.78 bits per heavy atom. The molecule has 2 aliphatic heterocycles. The highest BCUT2D eigenvalue weighted by Gasteiger charge is 2.33. The van der Waals surface area contributed by atoms with Crippen molar-refractivity contribution < 1.29 is 47.5 Å². The zero-order valence-corrected chi connectivity index (χ0v) is 22.2. The van der Waals surface area contributed by atoms with Gasteiger partial charge in [-0.3, -0.25) is 4.79 Å². The van der Waals surface area contributed by atoms with Gasteiger partial charge in [0.1, 0.15) is 47.1 Å². The van der Waals surface area contributed by atoms with Gasteiger partial charge in [-0.1, -0.05) is 6.07 Å². The van der Waals surface area contributed by atoms with Crippen LogP contribution in [0, 0.1) is 11.6 Å². The van der Waals surface area contributed by atoms with Crippen molar-refractivity contribution in [2.24, 2.45) is 0 Å². The summed E-state index contributed by atoms with van der Waals surface area (Å²) in [6.45, 7) is 1.11. The molecule has 0 bridgehead atoms. The normalized spacial score (nSPS) is 20.6. The maximum Gasteiger partial charge on any atom is 0.304 e. The van der Waals surface area contributed by atoms with Gasteiger partial charge in [-0.15, -0.1) is 0 Å². The minimum Gasteiger partial charge on any atom is -0.492 e. The molecule has 3 aliphatic rings. The maximum atomic E-state index is 15.0. The predicted molar refractivity (Wildman–Crippen MR) is 142 cm³/mol. The van der Waals surface area contributed by atoms with E-state index in [0.717, 1.165) is 5.56 Å². The zero-order chi connectivity index (χ0) is 28.6. The number of hydrogen-bond donors (Lipinski definition) is 2. The summed E-state index contributed by atoms with van der Waals surface area (Å²) in [5, 5.41) is 19.7. The molecule has 1 aliphatic carbocycles. The number of hydrogen-bond acceptors (Lipinski definition) is 7. The summed E-state index contributed by atoms with van der Waals surface area (Å²) >= 11 is 0. The highest BCUT2D eigenvalue weighted by Crippen LogP contribution is 2.44. The summed E-state index contributed by atoms with van der Waals surface area (Å²) in [7, 11) is 0. The SMILES string of the molecule is O=C(O)C[C@@H]1COc2cc(O[C@@H]3CCc4c(Oc5ccc(OCC6(O)CCOCC6)c(F)c5)ccc(F)c43)ccc21. The molecular formula is C31H30F2O8. The Morgan fingerprint density at radius 3 is 2.56 bits per heavy atom. The Bertz CT molecular complexity index is 1450. The van der Waals surface area contributed by atoms with Crippen LogP contribution in [0.1, 0.15) is 54.4 Å². The van der Waals surface area contributed by atoms with Crippen LogP contribution < -0.4 is 18.9 Å². The van der Waals surface area contributed by atoms with Crippen LogP contribution in [0.2, 0.25) is 0 Å². The number of aliphatic carboxylic acids is 1. The molecule has 0 spiro atoms. The highest BCUT2D eigenvalue weighted by atomic mass is 19.1. The van der Waals surface area contributed by atoms with Crippen LogP contribution in [0.3, 0.4) is 0 Å². The van der Waals surface area contributed by atoms with E-state index in [0.29, 0.717) is 67.3 Å². The van der Waals surface area contributed by atoms with E-state index >= 15 is 4.39 Å². The van der Waals surface area contributed by atoms with Crippen LogP contribution in [-0.4, -0.2) is 48.2 Å². The number of fused-ring (bicyclic) bond motifs is 2. The minimum absolute atomic E-state index is 0.00247. The maximum absolute atomic E-state index is 15.0. The molecule has 0 radical (unpaired) electrons. The van der Waals surface area contributed by atoms with Crippen molar-refractivity contribution in [3.63, 3.8) is 0 Å². The van der Waals surface area contributed by atoms with Crippen molar-refractivity contribution in [1.82, 2.24) is 0 Å². The fourth-order valence-electron chi connectivity index (χ4n) is 5.63. The smallest absolute Gasteiger partial charge is 0.304 e. The molecule has 0 aromatic heterocycles. The quantitative estimate of drug-likeness (QED) is 0.339. The van der Waals surface area contributed by atoms with E-state index in [2.05, 4.69) is 0 Å². The highest BCUT2D eigenvalue weighted by molar-refractivity contribution is 5.68.